The Balaban J connectivity index is 1.58. The van der Waals surface area contributed by atoms with E-state index in [2.05, 4.69) is 43.4 Å². The van der Waals surface area contributed by atoms with Gasteiger partial charge in [-0.2, -0.15) is 0 Å². The highest BCUT2D eigenvalue weighted by Gasteiger charge is 2.41. The molecule has 20 nitrogen and oxygen atoms in total. The Kier molecular flexibility index (Phi) is 25.5. The number of amides is 6. The molecule has 0 aliphatic carbocycles. The van der Waals surface area contributed by atoms with Crippen molar-refractivity contribution in [1.29, 1.82) is 0 Å². The molecule has 1 aromatic carbocycles. The maximum absolute atomic E-state index is 14.1. The van der Waals surface area contributed by atoms with Crippen LogP contribution in [0.3, 0.4) is 0 Å². The molecular weight excluding hydrogens is 948 g/mol. The third kappa shape index (κ3) is 23.0. The zero-order chi connectivity index (χ0) is 53.6. The van der Waals surface area contributed by atoms with Gasteiger partial charge in [0.2, 0.25) is 35.4 Å². The second kappa shape index (κ2) is 29.8. The molecule has 0 saturated carbocycles. The van der Waals surface area contributed by atoms with Gasteiger partial charge in [-0.05, 0) is 104 Å². The van der Waals surface area contributed by atoms with E-state index in [0.717, 1.165) is 38.5 Å². The van der Waals surface area contributed by atoms with Crippen LogP contribution in [-0.4, -0.2) is 129 Å². The number of phosphoric acid groups is 1. The number of carbonyl (C=O) groups is 6. The number of hydrogen-bond donors (Lipinski definition) is 7. The van der Waals surface area contributed by atoms with Gasteiger partial charge < -0.3 is 51.3 Å². The number of aromatic amines is 1. The summed E-state index contributed by atoms with van der Waals surface area (Å²) in [4.78, 5) is 100. The van der Waals surface area contributed by atoms with Crippen LogP contribution in [0, 0.1) is 11.8 Å². The molecule has 0 bridgehead atoms. The highest BCUT2D eigenvalue weighted by atomic mass is 31.2. The van der Waals surface area contributed by atoms with Crippen molar-refractivity contribution in [1.82, 2.24) is 36.1 Å². The average molecular weight is 1030 g/mol. The van der Waals surface area contributed by atoms with Gasteiger partial charge in [-0.3, -0.25) is 37.8 Å². The van der Waals surface area contributed by atoms with Gasteiger partial charge >= 0.3 is 7.82 Å². The molecule has 2 heterocycles. The number of imidazole rings is 1. The lowest BCUT2D eigenvalue weighted by Gasteiger charge is -2.30. The third-order valence-corrected chi connectivity index (χ3v) is 13.5. The highest BCUT2D eigenvalue weighted by Crippen LogP contribution is 2.45. The van der Waals surface area contributed by atoms with E-state index >= 15 is 0 Å². The van der Waals surface area contributed by atoms with Crippen molar-refractivity contribution in [2.75, 3.05) is 26.4 Å². The summed E-state index contributed by atoms with van der Waals surface area (Å²) in [7, 11) is -4.68. The lowest BCUT2D eigenvalue weighted by Crippen LogP contribution is -2.60. The number of hydrogen-bond acceptors (Lipinski definition) is 12. The van der Waals surface area contributed by atoms with Gasteiger partial charge in [-0.1, -0.05) is 76.8 Å². The number of likely N-dealkylation sites (tertiary alicyclic amines) is 1. The number of H-pyrrole nitrogens is 1. The first-order valence-corrected chi connectivity index (χ1v) is 27.0. The fourth-order valence-electron chi connectivity index (χ4n) is 8.26. The van der Waals surface area contributed by atoms with E-state index in [0.29, 0.717) is 38.1 Å². The number of nitrogens with two attached hydrogens (primary N) is 1. The van der Waals surface area contributed by atoms with Crippen LogP contribution in [-0.2, 0) is 64.7 Å². The lowest BCUT2D eigenvalue weighted by molar-refractivity contribution is -0.142. The van der Waals surface area contributed by atoms with E-state index < -0.39 is 79.3 Å². The van der Waals surface area contributed by atoms with Crippen LogP contribution in [0.2, 0.25) is 0 Å². The predicted octanol–water partition coefficient (Wildman–Crippen LogP) is 5.18. The maximum atomic E-state index is 14.1. The molecule has 406 valence electrons. The Morgan fingerprint density at radius 3 is 2.12 bits per heavy atom. The number of aryl methyl sites for hydroxylation is 1. The monoisotopic (exact) mass is 1030 g/mol. The van der Waals surface area contributed by atoms with Crippen molar-refractivity contribution in [2.24, 2.45) is 17.6 Å². The predicted molar refractivity (Wildman–Crippen MR) is 273 cm³/mol. The standard InChI is InChI=1S/C51H85N8O12P/c1-34(2)30-40(57-49(65)44-35(3)23-26-59(44)42(60)24-28-69-51(9,10)25-29-68-50(6,7)8)48(64)56-41(31-39-32-53-33-54-39)47(63)55-36(4)46(62)58-43(45(52)61)37(5)71-72(66,67)70-27-19-14-12-11-13-16-20-38-21-17-15-18-22-38/h15,17-18,21-22,32-37,40-41,43-44H,11-14,16,19-20,23-31H2,1-10H3,(H2,52,61)(H,53,54)(H,55,63)(H,56,64)(H,57,65)(H,58,62)(H,66,67). The number of rotatable bonds is 33. The molecular formula is C51H85N8O12P. The topological polar surface area (TPSA) is 283 Å². The van der Waals surface area contributed by atoms with Crippen LogP contribution in [0.25, 0.3) is 0 Å². The zero-order valence-corrected chi connectivity index (χ0v) is 45.2. The molecule has 8 N–H and O–H groups in total. The number of benzene rings is 1. The van der Waals surface area contributed by atoms with Gasteiger partial charge in [-0.25, -0.2) is 9.55 Å². The fourth-order valence-corrected chi connectivity index (χ4v) is 9.22. The maximum Gasteiger partial charge on any atom is 0.472 e. The molecule has 0 radical (unpaired) electrons. The second-order valence-corrected chi connectivity index (χ2v) is 22.4. The number of unbranched alkanes of at least 4 members (excludes halogenated alkanes) is 5. The molecule has 1 aliphatic rings. The SMILES string of the molecule is CC(C)CC(NC(=O)C1C(C)CCN1C(=O)CCOC(C)(C)CCOC(C)(C)C)C(=O)NC(Cc1cnc[nH]1)C(=O)NC(C)C(=O)NC(C(N)=O)C(C)OP(=O)(O)OCCCCCCCCc1ccccc1. The third-order valence-electron chi connectivity index (χ3n) is 12.4. The van der Waals surface area contributed by atoms with Crippen molar-refractivity contribution in [3.8, 4) is 0 Å². The normalized spacial score (nSPS) is 18.1. The number of nitrogens with zero attached hydrogens (tertiary/aromatic N) is 2. The minimum Gasteiger partial charge on any atom is -0.376 e. The molecule has 8 unspecified atom stereocenters. The smallest absolute Gasteiger partial charge is 0.376 e. The first-order valence-electron chi connectivity index (χ1n) is 25.5. The van der Waals surface area contributed by atoms with E-state index in [4.69, 9.17) is 24.3 Å². The van der Waals surface area contributed by atoms with E-state index in [1.54, 1.807) is 0 Å². The lowest BCUT2D eigenvalue weighted by atomic mass is 9.99. The summed E-state index contributed by atoms with van der Waals surface area (Å²) in [5, 5.41) is 10.5. The van der Waals surface area contributed by atoms with Crippen molar-refractivity contribution in [3.63, 3.8) is 0 Å². The van der Waals surface area contributed by atoms with Crippen molar-refractivity contribution in [2.45, 2.75) is 194 Å². The van der Waals surface area contributed by atoms with Gasteiger partial charge in [0.05, 0.1) is 43.3 Å². The van der Waals surface area contributed by atoms with Gasteiger partial charge in [0, 0.05) is 31.5 Å². The van der Waals surface area contributed by atoms with Crippen molar-refractivity contribution < 1.29 is 56.7 Å². The van der Waals surface area contributed by atoms with Crippen LogP contribution in [0.5, 0.6) is 0 Å². The molecule has 6 amide bonds. The molecule has 72 heavy (non-hydrogen) atoms. The average Bonchev–Trinajstić information content (AvgIpc) is 3.95. The van der Waals surface area contributed by atoms with Gasteiger partial charge in [0.25, 0.3) is 0 Å². The highest BCUT2D eigenvalue weighted by molar-refractivity contribution is 7.47. The minimum atomic E-state index is -4.68. The second-order valence-electron chi connectivity index (χ2n) is 21.0. The molecule has 3 rings (SSSR count). The molecule has 1 aromatic heterocycles. The van der Waals surface area contributed by atoms with Crippen LogP contribution < -0.4 is 27.0 Å². The Labute approximate surface area is 426 Å². The van der Waals surface area contributed by atoms with Gasteiger partial charge in [0.15, 0.2) is 0 Å². The molecule has 0 spiro atoms. The zero-order valence-electron chi connectivity index (χ0n) is 44.3. The number of phosphoric ester groups is 1. The largest absolute Gasteiger partial charge is 0.472 e. The van der Waals surface area contributed by atoms with Gasteiger partial charge in [-0.15, -0.1) is 0 Å². The van der Waals surface area contributed by atoms with Crippen LogP contribution in [0.1, 0.15) is 145 Å². The Hall–Kier alpha value is -4.72. The number of carbonyl (C=O) groups excluding carboxylic acids is 6. The van der Waals surface area contributed by atoms with Crippen molar-refractivity contribution in [3.05, 3.63) is 54.1 Å². The number of primary amides is 1. The molecule has 21 heteroatoms. The van der Waals surface area contributed by atoms with E-state index in [1.165, 1.54) is 36.8 Å². The Morgan fingerprint density at radius 1 is 0.847 bits per heavy atom. The van der Waals surface area contributed by atoms with Gasteiger partial charge in [0.1, 0.15) is 30.2 Å². The fraction of sp³-hybridized carbons (Fsp3) is 0.706. The first kappa shape index (κ1) is 61.6. The van der Waals surface area contributed by atoms with E-state index in [-0.39, 0.29) is 55.8 Å². The van der Waals surface area contributed by atoms with Crippen LogP contribution in [0.15, 0.2) is 42.9 Å². The quantitative estimate of drug-likeness (QED) is 0.0359. The first-order chi connectivity index (χ1) is 33.8. The molecule has 1 fully saturated rings. The summed E-state index contributed by atoms with van der Waals surface area (Å²) in [6.45, 7) is 19.0. The molecule has 1 saturated heterocycles. The van der Waals surface area contributed by atoms with Crippen LogP contribution in [0.4, 0.5) is 0 Å². The molecule has 8 atom stereocenters. The van der Waals surface area contributed by atoms with Crippen LogP contribution >= 0.6 is 7.82 Å². The Bertz CT molecular complexity index is 2050. The molecule has 1 aliphatic heterocycles. The molecule has 2 aromatic rings. The summed E-state index contributed by atoms with van der Waals surface area (Å²) in [6, 6.07) is 4.11. The minimum absolute atomic E-state index is 0.0592. The van der Waals surface area contributed by atoms with E-state index in [9.17, 15) is 38.2 Å². The summed E-state index contributed by atoms with van der Waals surface area (Å²) < 4.78 is 35.1. The van der Waals surface area contributed by atoms with E-state index in [1.807, 2.05) is 73.6 Å². The Morgan fingerprint density at radius 2 is 1.50 bits per heavy atom. The summed E-state index contributed by atoms with van der Waals surface area (Å²) >= 11 is 0. The number of ether oxygens (including phenoxy) is 2. The number of nitrogens with one attached hydrogen (secondary N) is 5. The summed E-state index contributed by atoms with van der Waals surface area (Å²) in [6.07, 6.45) is 9.22. The number of aromatic nitrogens is 2. The summed E-state index contributed by atoms with van der Waals surface area (Å²) in [5.74, 6) is -4.45. The van der Waals surface area contributed by atoms with Crippen molar-refractivity contribution >= 4 is 43.3 Å². The summed E-state index contributed by atoms with van der Waals surface area (Å²) in [5.41, 5.74) is 6.54.